The number of rotatable bonds is 14. The Morgan fingerprint density at radius 1 is 0.820 bits per heavy atom. The predicted octanol–water partition coefficient (Wildman–Crippen LogP) is 8.27. The second-order valence-corrected chi connectivity index (χ2v) is 16.9. The molecule has 0 spiro atoms. The summed E-state index contributed by atoms with van der Waals surface area (Å²) in [6.07, 6.45) is 1.54. The van der Waals surface area contributed by atoms with E-state index in [1.807, 2.05) is 33.8 Å². The van der Waals surface area contributed by atoms with Gasteiger partial charge in [-0.3, -0.25) is 9.59 Å². The highest BCUT2D eigenvalue weighted by Gasteiger charge is 2.35. The minimum Gasteiger partial charge on any atom is -0.488 e. The van der Waals surface area contributed by atoms with Crippen LogP contribution in [-0.4, -0.2) is 92.6 Å². The summed E-state index contributed by atoms with van der Waals surface area (Å²) in [7, 11) is 2.55. The van der Waals surface area contributed by atoms with Crippen molar-refractivity contribution in [3.05, 3.63) is 65.4 Å². The maximum absolute atomic E-state index is 13.7. The smallest absolute Gasteiger partial charge is 0.407 e. The van der Waals surface area contributed by atoms with Gasteiger partial charge in [-0.25, -0.2) is 19.6 Å². The quantitative estimate of drug-likeness (QED) is 0.0855. The number of carbonyl (C=O) groups is 4. The molecule has 1 saturated carbocycles. The van der Waals surface area contributed by atoms with E-state index in [0.717, 1.165) is 80.5 Å². The molecule has 5 aromatic rings. The molecule has 324 valence electrons. The molecule has 0 saturated heterocycles. The number of nitrogens with zero attached hydrogens (tertiary/aromatic N) is 4. The molecule has 4 N–H and O–H groups in total. The lowest BCUT2D eigenvalue weighted by Crippen LogP contribution is -2.50. The summed E-state index contributed by atoms with van der Waals surface area (Å²) in [5.74, 6) is 2.23. The molecule has 5 atom stereocenters. The number of H-pyrrole nitrogens is 2. The molecule has 1 aliphatic carbocycles. The largest absolute Gasteiger partial charge is 0.488 e. The maximum atomic E-state index is 13.7. The zero-order valence-corrected chi connectivity index (χ0v) is 36.8. The van der Waals surface area contributed by atoms with Crippen molar-refractivity contribution >= 4 is 45.8 Å². The Morgan fingerprint density at radius 2 is 1.49 bits per heavy atom. The molecular weight excluding hydrogens is 777 g/mol. The van der Waals surface area contributed by atoms with Crippen molar-refractivity contribution in [1.82, 2.24) is 40.4 Å². The average Bonchev–Trinajstić information content (AvgIpc) is 3.84. The Labute approximate surface area is 356 Å². The first-order valence-corrected chi connectivity index (χ1v) is 21.3. The van der Waals surface area contributed by atoms with Crippen LogP contribution in [0, 0.1) is 5.92 Å². The summed E-state index contributed by atoms with van der Waals surface area (Å²) in [4.78, 5) is 72.1. The fraction of sp³-hybridized carbons (Fsp3) is 0.478. The first-order chi connectivity index (χ1) is 29.1. The van der Waals surface area contributed by atoms with E-state index in [1.165, 1.54) is 14.2 Å². The van der Waals surface area contributed by atoms with Gasteiger partial charge in [-0.15, -0.1) is 0 Å². The van der Waals surface area contributed by atoms with Crippen molar-refractivity contribution in [1.29, 1.82) is 0 Å². The predicted molar refractivity (Wildman–Crippen MR) is 233 cm³/mol. The Kier molecular flexibility index (Phi) is 12.3. The molecule has 0 radical (unpaired) electrons. The third kappa shape index (κ3) is 8.60. The number of fused-ring (bicyclic) bond motifs is 6. The van der Waals surface area contributed by atoms with Crippen LogP contribution in [0.4, 0.5) is 9.59 Å². The average molecular weight is 835 g/mol. The molecule has 2 aliphatic rings. The SMILES string of the molecule is CCC(C)N(C(=O)C(C)NC(=O)OC)C(C)c1nc2c(ccc3cc4c(cc32)OCc2cc(-c3nc(C(C)N(CC(C)C)C(=O)C(C)NC(=O)OC)[nH]c3C3CC3)ccc2-4)[nH]1. The lowest BCUT2D eigenvalue weighted by molar-refractivity contribution is -0.138. The second kappa shape index (κ2) is 17.5. The summed E-state index contributed by atoms with van der Waals surface area (Å²) < 4.78 is 15.9. The molecule has 4 amide bonds. The first-order valence-electron chi connectivity index (χ1n) is 21.3. The fourth-order valence-corrected chi connectivity index (χ4v) is 8.31. The Bertz CT molecular complexity index is 2470. The van der Waals surface area contributed by atoms with Crippen LogP contribution in [0.3, 0.4) is 0 Å². The van der Waals surface area contributed by atoms with Crippen molar-refractivity contribution < 1.29 is 33.4 Å². The topological polar surface area (TPSA) is 184 Å². The molecule has 61 heavy (non-hydrogen) atoms. The number of imidazole rings is 2. The Morgan fingerprint density at radius 3 is 2.13 bits per heavy atom. The number of hydrogen-bond donors (Lipinski definition) is 4. The summed E-state index contributed by atoms with van der Waals surface area (Å²) >= 11 is 0. The summed E-state index contributed by atoms with van der Waals surface area (Å²) in [5.41, 5.74) is 7.67. The molecular formula is C46H58N8O7. The third-order valence-electron chi connectivity index (χ3n) is 12.0. The van der Waals surface area contributed by atoms with Crippen molar-refractivity contribution in [2.75, 3.05) is 20.8 Å². The van der Waals surface area contributed by atoms with Gasteiger partial charge in [0.2, 0.25) is 11.8 Å². The van der Waals surface area contributed by atoms with Crippen molar-refractivity contribution in [2.45, 2.75) is 117 Å². The highest BCUT2D eigenvalue weighted by Crippen LogP contribution is 2.46. The van der Waals surface area contributed by atoms with Gasteiger partial charge >= 0.3 is 12.2 Å². The lowest BCUT2D eigenvalue weighted by atomic mass is 9.92. The molecule has 5 unspecified atom stereocenters. The number of alkyl carbamates (subject to hydrolysis) is 2. The van der Waals surface area contributed by atoms with Gasteiger partial charge in [0, 0.05) is 40.7 Å². The number of methoxy groups -OCH3 is 2. The number of ether oxygens (including phenoxy) is 3. The van der Waals surface area contributed by atoms with Gasteiger partial charge in [0.1, 0.15) is 36.1 Å². The van der Waals surface area contributed by atoms with E-state index in [4.69, 9.17) is 24.2 Å². The van der Waals surface area contributed by atoms with Crippen LogP contribution >= 0.6 is 0 Å². The molecule has 3 heterocycles. The number of benzene rings is 3. The van der Waals surface area contributed by atoms with Crippen LogP contribution in [0.2, 0.25) is 0 Å². The van der Waals surface area contributed by atoms with Crippen LogP contribution in [0.1, 0.15) is 116 Å². The molecule has 3 aromatic carbocycles. The van der Waals surface area contributed by atoms with Gasteiger partial charge in [-0.2, -0.15) is 0 Å². The zero-order chi connectivity index (χ0) is 43.9. The minimum absolute atomic E-state index is 0.114. The molecule has 1 aliphatic heterocycles. The summed E-state index contributed by atoms with van der Waals surface area (Å²) in [6, 6.07) is 12.3. The van der Waals surface area contributed by atoms with Crippen LogP contribution in [0.5, 0.6) is 5.75 Å². The van der Waals surface area contributed by atoms with Gasteiger partial charge in [-0.05, 0) is 101 Å². The number of carbonyl (C=O) groups excluding carboxylic acids is 4. The Balaban J connectivity index is 1.18. The first kappa shape index (κ1) is 43.0. The zero-order valence-electron chi connectivity index (χ0n) is 36.8. The molecule has 0 bridgehead atoms. The standard InChI is InChI=1S/C46H58N8O7/c1-11-24(4)54(44(56)26(6)48-46(58)60-10)28(8)42-49-36-17-15-30-19-35-33-16-14-31(18-32(33)22-61-37(35)20-34(30)40(36)52-42)39-38(29-12-13-29)50-41(51-39)27(7)53(21-23(2)3)43(55)25(5)47-45(57)59-9/h14-20,23-29H,11-13,21-22H2,1-10H3,(H,47,57)(H,48,58)(H,49,52)(H,50,51). The second-order valence-electron chi connectivity index (χ2n) is 16.9. The lowest BCUT2D eigenvalue weighted by Gasteiger charge is -2.35. The van der Waals surface area contributed by atoms with Gasteiger partial charge in [-0.1, -0.05) is 39.0 Å². The van der Waals surface area contributed by atoms with Crippen LogP contribution in [-0.2, 0) is 25.7 Å². The van der Waals surface area contributed by atoms with Gasteiger partial charge < -0.3 is 44.6 Å². The van der Waals surface area contributed by atoms with Gasteiger partial charge in [0.15, 0.2) is 0 Å². The van der Waals surface area contributed by atoms with Gasteiger partial charge in [0.25, 0.3) is 0 Å². The number of aromatic nitrogens is 4. The molecule has 15 heteroatoms. The molecule has 7 rings (SSSR count). The maximum Gasteiger partial charge on any atom is 0.407 e. The van der Waals surface area contributed by atoms with E-state index >= 15 is 0 Å². The molecule has 1 fully saturated rings. The fourth-order valence-electron chi connectivity index (χ4n) is 8.31. The number of amides is 4. The number of aromatic amines is 2. The van der Waals surface area contributed by atoms with E-state index in [1.54, 1.807) is 23.6 Å². The molecule has 2 aromatic heterocycles. The number of hydrogen-bond acceptors (Lipinski definition) is 9. The van der Waals surface area contributed by atoms with Crippen molar-refractivity contribution in [3.63, 3.8) is 0 Å². The monoisotopic (exact) mass is 834 g/mol. The van der Waals surface area contributed by atoms with Crippen LogP contribution in [0.15, 0.2) is 42.5 Å². The van der Waals surface area contributed by atoms with E-state index < -0.39 is 30.3 Å². The normalized spacial score (nSPS) is 15.8. The summed E-state index contributed by atoms with van der Waals surface area (Å²) in [6.45, 7) is 16.2. The van der Waals surface area contributed by atoms with E-state index in [2.05, 4.69) is 70.8 Å². The van der Waals surface area contributed by atoms with E-state index in [9.17, 15) is 19.2 Å². The highest BCUT2D eigenvalue weighted by atomic mass is 16.5. The highest BCUT2D eigenvalue weighted by molar-refractivity contribution is 6.07. The van der Waals surface area contributed by atoms with Crippen LogP contribution < -0.4 is 15.4 Å². The van der Waals surface area contributed by atoms with Gasteiger partial charge in [0.05, 0.1) is 43.0 Å². The van der Waals surface area contributed by atoms with Crippen molar-refractivity contribution in [2.24, 2.45) is 5.92 Å². The van der Waals surface area contributed by atoms with Crippen LogP contribution in [0.25, 0.3) is 44.2 Å². The Hall–Kier alpha value is -6.12. The summed E-state index contributed by atoms with van der Waals surface area (Å²) in [5, 5.41) is 7.15. The van der Waals surface area contributed by atoms with E-state index in [0.29, 0.717) is 30.7 Å². The van der Waals surface area contributed by atoms with Crippen molar-refractivity contribution in [3.8, 4) is 28.1 Å². The molecule has 15 nitrogen and oxygen atoms in total. The number of nitrogens with one attached hydrogen (secondary N) is 4. The third-order valence-corrected chi connectivity index (χ3v) is 12.0. The minimum atomic E-state index is -0.784. The van der Waals surface area contributed by atoms with E-state index in [-0.39, 0.29) is 29.8 Å².